The highest BCUT2D eigenvalue weighted by Crippen LogP contribution is 2.51. The molecule has 0 bridgehead atoms. The van der Waals surface area contributed by atoms with E-state index in [1.807, 2.05) is 6.92 Å². The van der Waals surface area contributed by atoms with Gasteiger partial charge in [0, 0.05) is 31.3 Å². The zero-order valence-electron chi connectivity index (χ0n) is 21.0. The number of likely N-dealkylation sites (tertiary alicyclic amines) is 1. The van der Waals surface area contributed by atoms with E-state index < -0.39 is 11.7 Å². The van der Waals surface area contributed by atoms with Gasteiger partial charge in [0.05, 0.1) is 12.0 Å². The second-order valence-corrected chi connectivity index (χ2v) is 11.3. The molecule has 1 N–H and O–H groups in total. The van der Waals surface area contributed by atoms with Crippen LogP contribution in [0.5, 0.6) is 0 Å². The summed E-state index contributed by atoms with van der Waals surface area (Å²) in [6.45, 7) is 13.6. The lowest BCUT2D eigenvalue weighted by atomic mass is 9.57. The fourth-order valence-electron chi connectivity index (χ4n) is 6.73. The van der Waals surface area contributed by atoms with E-state index in [9.17, 15) is 9.90 Å². The minimum absolute atomic E-state index is 0.0216. The monoisotopic (exact) mass is 451 g/mol. The zero-order chi connectivity index (χ0) is 23.8. The van der Waals surface area contributed by atoms with Crippen LogP contribution in [0.3, 0.4) is 0 Å². The van der Waals surface area contributed by atoms with Crippen LogP contribution in [0.1, 0.15) is 65.9 Å². The van der Waals surface area contributed by atoms with Gasteiger partial charge < -0.3 is 14.7 Å². The minimum Gasteiger partial charge on any atom is -0.457 e. The Morgan fingerprint density at radius 2 is 2.03 bits per heavy atom. The molecular formula is C29H41NO3. The Bertz CT molecular complexity index is 867. The van der Waals surface area contributed by atoms with Gasteiger partial charge >= 0.3 is 5.97 Å². The van der Waals surface area contributed by atoms with Gasteiger partial charge in [0.1, 0.15) is 6.10 Å². The smallest absolute Gasteiger partial charge is 0.303 e. The van der Waals surface area contributed by atoms with Gasteiger partial charge in [0.2, 0.25) is 0 Å². The maximum Gasteiger partial charge on any atom is 0.303 e. The second kappa shape index (κ2) is 9.54. The number of benzene rings is 1. The van der Waals surface area contributed by atoms with Crippen LogP contribution in [0.25, 0.3) is 0 Å². The van der Waals surface area contributed by atoms with Gasteiger partial charge in [0.25, 0.3) is 0 Å². The quantitative estimate of drug-likeness (QED) is 0.503. The van der Waals surface area contributed by atoms with Gasteiger partial charge in [0.15, 0.2) is 0 Å². The van der Waals surface area contributed by atoms with Crippen molar-refractivity contribution in [1.82, 2.24) is 4.90 Å². The number of rotatable bonds is 5. The second-order valence-electron chi connectivity index (χ2n) is 11.3. The molecule has 3 aliphatic rings. The summed E-state index contributed by atoms with van der Waals surface area (Å²) in [5, 5.41) is 11.8. The molecule has 180 valence electrons. The maximum atomic E-state index is 11.8. The van der Waals surface area contributed by atoms with Crippen LogP contribution >= 0.6 is 0 Å². The van der Waals surface area contributed by atoms with E-state index in [-0.39, 0.29) is 23.2 Å². The van der Waals surface area contributed by atoms with Crippen LogP contribution in [0.4, 0.5) is 0 Å². The molecule has 2 fully saturated rings. The number of fused-ring (bicyclic) bond motifs is 1. The molecule has 33 heavy (non-hydrogen) atoms. The van der Waals surface area contributed by atoms with Crippen molar-refractivity contribution in [1.29, 1.82) is 0 Å². The number of hydrogen-bond donors (Lipinski definition) is 1. The summed E-state index contributed by atoms with van der Waals surface area (Å²) < 4.78 is 5.46. The average molecular weight is 452 g/mol. The van der Waals surface area contributed by atoms with Crippen LogP contribution in [-0.2, 0) is 14.9 Å². The number of carbonyl (C=O) groups is 1. The van der Waals surface area contributed by atoms with Gasteiger partial charge in [-0.05, 0) is 68.0 Å². The Hall–Kier alpha value is -1.65. The molecule has 2 radical (unpaired) electrons. The first-order valence-electron chi connectivity index (χ1n) is 12.8. The molecule has 1 heterocycles. The summed E-state index contributed by atoms with van der Waals surface area (Å²) in [5.41, 5.74) is 1.58. The number of esters is 1. The summed E-state index contributed by atoms with van der Waals surface area (Å²) in [7, 11) is 0. The van der Waals surface area contributed by atoms with Crippen molar-refractivity contribution < 1.29 is 14.6 Å². The van der Waals surface area contributed by atoms with Gasteiger partial charge in [-0.1, -0.05) is 57.2 Å². The minimum atomic E-state index is -1.04. The fourth-order valence-corrected chi connectivity index (χ4v) is 6.73. The molecule has 1 aromatic rings. The van der Waals surface area contributed by atoms with E-state index in [1.54, 1.807) is 0 Å². The predicted molar refractivity (Wildman–Crippen MR) is 132 cm³/mol. The molecule has 1 aliphatic heterocycles. The van der Waals surface area contributed by atoms with Crippen LogP contribution in [-0.4, -0.2) is 47.3 Å². The third kappa shape index (κ3) is 4.93. The van der Waals surface area contributed by atoms with Crippen LogP contribution in [0.2, 0.25) is 0 Å². The van der Waals surface area contributed by atoms with Crippen molar-refractivity contribution in [3.8, 4) is 0 Å². The van der Waals surface area contributed by atoms with Crippen molar-refractivity contribution >= 4 is 5.97 Å². The lowest BCUT2D eigenvalue weighted by Crippen LogP contribution is -2.57. The molecule has 2 aliphatic carbocycles. The van der Waals surface area contributed by atoms with E-state index in [2.05, 4.69) is 68.5 Å². The van der Waals surface area contributed by atoms with Crippen LogP contribution < -0.4 is 0 Å². The Morgan fingerprint density at radius 3 is 2.73 bits per heavy atom. The highest BCUT2D eigenvalue weighted by molar-refractivity contribution is 5.66. The first-order valence-corrected chi connectivity index (χ1v) is 12.8. The van der Waals surface area contributed by atoms with Crippen molar-refractivity contribution in [3.63, 3.8) is 0 Å². The molecule has 4 rings (SSSR count). The molecule has 0 spiro atoms. The largest absolute Gasteiger partial charge is 0.457 e. The van der Waals surface area contributed by atoms with Crippen molar-refractivity contribution in [2.75, 3.05) is 19.6 Å². The zero-order valence-corrected chi connectivity index (χ0v) is 21.0. The van der Waals surface area contributed by atoms with Gasteiger partial charge in [-0.15, -0.1) is 0 Å². The molecule has 4 heteroatoms. The summed E-state index contributed by atoms with van der Waals surface area (Å²) >= 11 is 0. The molecule has 0 aromatic heterocycles. The molecule has 7 atom stereocenters. The number of carbonyl (C=O) groups excluding carboxylic acids is 1. The Balaban J connectivity index is 1.49. The summed E-state index contributed by atoms with van der Waals surface area (Å²) in [4.78, 5) is 14.2. The van der Waals surface area contributed by atoms with E-state index in [0.717, 1.165) is 38.0 Å². The Morgan fingerprint density at radius 1 is 1.30 bits per heavy atom. The first kappa shape index (κ1) is 24.5. The molecular weight excluding hydrogens is 410 g/mol. The Labute approximate surface area is 200 Å². The number of hydrogen-bond acceptors (Lipinski definition) is 4. The highest BCUT2D eigenvalue weighted by atomic mass is 16.5. The fraction of sp³-hybridized carbons (Fsp3) is 0.655. The standard InChI is InChI=1S/C29H41NO3/c1-20-16-26-25(13-12-22(3)29(26,32)17-27(20)33-23(4)31)21(2)18-30-15-9-14-28(5,19-30)24-10-7-6-8-11-24/h6-8,10-11,16,21-22,25-27,32H,9,12-15,18-19H2,1-5H3/t21-,22-,25+,26-,27-,28-,29-/m1/s1. The normalized spacial score (nSPS) is 38.2. The molecule has 1 saturated heterocycles. The SMILES string of the molecule is CC(=O)O[C@@H]1[C][C@@]2(O)[C@H](C)CC[C@@H]([C@H](C)CN3CCC[C@@](C)(c4ccccc4)C3)[C@H]2C=C1C. The first-order chi connectivity index (χ1) is 15.6. The van der Waals surface area contributed by atoms with Crippen molar-refractivity contribution in [2.45, 2.75) is 77.4 Å². The number of ether oxygens (including phenoxy) is 1. The van der Waals surface area contributed by atoms with Crippen molar-refractivity contribution in [3.05, 3.63) is 54.0 Å². The lowest BCUT2D eigenvalue weighted by molar-refractivity contribution is -0.148. The maximum absolute atomic E-state index is 11.8. The van der Waals surface area contributed by atoms with E-state index in [0.29, 0.717) is 11.8 Å². The van der Waals surface area contributed by atoms with Crippen LogP contribution in [0, 0.1) is 30.1 Å². The van der Waals surface area contributed by atoms with Gasteiger partial charge in [-0.2, -0.15) is 0 Å². The van der Waals surface area contributed by atoms with E-state index >= 15 is 0 Å². The summed E-state index contributed by atoms with van der Waals surface area (Å²) in [6, 6.07) is 11.0. The van der Waals surface area contributed by atoms with E-state index in [4.69, 9.17) is 4.74 Å². The topological polar surface area (TPSA) is 49.8 Å². The summed E-state index contributed by atoms with van der Waals surface area (Å²) in [6.07, 6.45) is 9.49. The number of piperidine rings is 1. The van der Waals surface area contributed by atoms with Gasteiger partial charge in [-0.3, -0.25) is 4.79 Å². The average Bonchev–Trinajstić information content (AvgIpc) is 2.76. The number of aliphatic hydroxyl groups is 1. The third-order valence-corrected chi connectivity index (χ3v) is 8.68. The Kier molecular flexibility index (Phi) is 7.08. The molecule has 1 saturated carbocycles. The molecule has 1 aromatic carbocycles. The van der Waals surface area contributed by atoms with Crippen molar-refractivity contribution in [2.24, 2.45) is 23.7 Å². The molecule has 0 unspecified atom stereocenters. The predicted octanol–water partition coefficient (Wildman–Crippen LogP) is 5.04. The van der Waals surface area contributed by atoms with Crippen LogP contribution in [0.15, 0.2) is 42.0 Å². The van der Waals surface area contributed by atoms with Gasteiger partial charge in [-0.25, -0.2) is 0 Å². The van der Waals surface area contributed by atoms with E-state index in [1.165, 1.54) is 25.3 Å². The lowest BCUT2D eigenvalue weighted by Gasteiger charge is -2.53. The molecule has 0 amide bonds. The highest BCUT2D eigenvalue weighted by Gasteiger charge is 2.53. The summed E-state index contributed by atoms with van der Waals surface area (Å²) in [5.74, 6) is 0.639. The third-order valence-electron chi connectivity index (χ3n) is 8.68. The molecule has 4 nitrogen and oxygen atoms in total. The number of nitrogens with zero attached hydrogens (tertiary/aromatic N) is 1.